The quantitative estimate of drug-likeness (QED) is 0.493. The molecule has 0 bridgehead atoms. The van der Waals surface area contributed by atoms with Gasteiger partial charge in [0.1, 0.15) is 11.4 Å². The number of carbonyl (C=O) groups excluding carboxylic acids is 1. The van der Waals surface area contributed by atoms with Gasteiger partial charge in [0.05, 0.1) is 0 Å². The molecule has 1 rings (SSSR count). The highest BCUT2D eigenvalue weighted by molar-refractivity contribution is 5.96. The third-order valence-corrected chi connectivity index (χ3v) is 1.29. The lowest BCUT2D eigenvalue weighted by atomic mass is 10.2. The molecule has 0 aromatic carbocycles. The highest BCUT2D eigenvalue weighted by Gasteiger charge is 2.15. The Morgan fingerprint density at radius 1 is 1.73 bits per heavy atom. The van der Waals surface area contributed by atoms with Crippen molar-refractivity contribution in [1.29, 1.82) is 0 Å². The molecular weight excluding hydrogens is 148 g/mol. The van der Waals surface area contributed by atoms with Gasteiger partial charge in [-0.1, -0.05) is 5.16 Å². The van der Waals surface area contributed by atoms with E-state index >= 15 is 0 Å². The molecule has 1 aromatic heterocycles. The van der Waals surface area contributed by atoms with E-state index < -0.39 is 0 Å². The molecule has 0 fully saturated rings. The average molecular weight is 156 g/mol. The van der Waals surface area contributed by atoms with E-state index in [1.54, 1.807) is 6.92 Å². The van der Waals surface area contributed by atoms with Crippen LogP contribution in [0.5, 0.6) is 0 Å². The number of carbonyl (C=O) groups is 1. The highest BCUT2D eigenvalue weighted by Crippen LogP contribution is 2.18. The highest BCUT2D eigenvalue weighted by atomic mass is 16.5. The van der Waals surface area contributed by atoms with Crippen LogP contribution < -0.4 is 5.48 Å². The second kappa shape index (κ2) is 2.71. The number of Topliss-reactive ketones (excluding diaryl/α,β-unsaturated/α-hetero) is 1. The number of aryl methyl sites for hydroxylation is 1. The van der Waals surface area contributed by atoms with Crippen LogP contribution in [-0.4, -0.2) is 16.1 Å². The number of nitrogens with zero attached hydrogens (tertiary/aromatic N) is 1. The number of anilines is 1. The summed E-state index contributed by atoms with van der Waals surface area (Å²) in [5.74, 6) is -0.229. The lowest BCUT2D eigenvalue weighted by molar-refractivity contribution is 0.0978. The lowest BCUT2D eigenvalue weighted by Gasteiger charge is -1.93. The first-order valence-electron chi connectivity index (χ1n) is 3.04. The molecule has 0 saturated carbocycles. The van der Waals surface area contributed by atoms with Crippen LogP contribution in [0.15, 0.2) is 4.52 Å². The third kappa shape index (κ3) is 1.22. The molecule has 0 radical (unpaired) electrons. The van der Waals surface area contributed by atoms with Gasteiger partial charge < -0.3 is 4.52 Å². The summed E-state index contributed by atoms with van der Waals surface area (Å²) in [4.78, 5) is 10.8. The van der Waals surface area contributed by atoms with E-state index in [0.29, 0.717) is 5.69 Å². The van der Waals surface area contributed by atoms with E-state index in [-0.39, 0.29) is 17.2 Å². The normalized spacial score (nSPS) is 9.73. The molecule has 60 valence electrons. The van der Waals surface area contributed by atoms with Gasteiger partial charge in [0.25, 0.3) is 0 Å². The van der Waals surface area contributed by atoms with Gasteiger partial charge in [0.15, 0.2) is 5.78 Å². The molecule has 0 unspecified atom stereocenters. The Bertz CT molecular complexity index is 279. The second-order valence-electron chi connectivity index (χ2n) is 2.14. The number of rotatable bonds is 2. The zero-order valence-corrected chi connectivity index (χ0v) is 6.21. The van der Waals surface area contributed by atoms with Crippen LogP contribution in [-0.2, 0) is 0 Å². The largest absolute Gasteiger partial charge is 0.350 e. The Kier molecular flexibility index (Phi) is 1.91. The van der Waals surface area contributed by atoms with E-state index in [2.05, 4.69) is 9.68 Å². The van der Waals surface area contributed by atoms with Crippen LogP contribution in [0.2, 0.25) is 0 Å². The topological polar surface area (TPSA) is 75.4 Å². The molecular formula is C6H8N2O3. The average Bonchev–Trinajstić information content (AvgIpc) is 2.30. The summed E-state index contributed by atoms with van der Waals surface area (Å²) in [6.45, 7) is 2.95. The molecule has 5 heteroatoms. The number of nitrogens with one attached hydrogen (secondary N) is 1. The van der Waals surface area contributed by atoms with Crippen LogP contribution in [0.3, 0.4) is 0 Å². The van der Waals surface area contributed by atoms with Gasteiger partial charge in [0, 0.05) is 6.92 Å². The predicted octanol–water partition coefficient (Wildman–Crippen LogP) is 0.987. The molecule has 0 spiro atoms. The first-order valence-corrected chi connectivity index (χ1v) is 3.04. The Balaban J connectivity index is 3.15. The minimum Gasteiger partial charge on any atom is -0.350 e. The zero-order chi connectivity index (χ0) is 8.43. The molecule has 0 saturated heterocycles. The van der Waals surface area contributed by atoms with Crippen LogP contribution in [0.25, 0.3) is 0 Å². The number of hydrogen-bond acceptors (Lipinski definition) is 5. The zero-order valence-electron chi connectivity index (χ0n) is 6.21. The Morgan fingerprint density at radius 2 is 2.36 bits per heavy atom. The summed E-state index contributed by atoms with van der Waals surface area (Å²) in [6.07, 6.45) is 0. The molecule has 0 amide bonds. The van der Waals surface area contributed by atoms with Crippen molar-refractivity contribution in [3.05, 3.63) is 11.5 Å². The predicted molar refractivity (Wildman–Crippen MR) is 36.7 cm³/mol. The number of ketones is 1. The molecule has 11 heavy (non-hydrogen) atoms. The third-order valence-electron chi connectivity index (χ3n) is 1.29. The van der Waals surface area contributed by atoms with Crippen molar-refractivity contribution in [2.45, 2.75) is 13.8 Å². The Hall–Kier alpha value is -1.36. The molecule has 5 nitrogen and oxygen atoms in total. The Labute approximate surface area is 63.0 Å². The first kappa shape index (κ1) is 7.74. The van der Waals surface area contributed by atoms with Crippen LogP contribution >= 0.6 is 0 Å². The minimum absolute atomic E-state index is 0.0463. The maximum absolute atomic E-state index is 10.8. The van der Waals surface area contributed by atoms with Crippen molar-refractivity contribution in [3.8, 4) is 0 Å². The summed E-state index contributed by atoms with van der Waals surface area (Å²) >= 11 is 0. The van der Waals surface area contributed by atoms with E-state index in [1.165, 1.54) is 6.92 Å². The maximum atomic E-state index is 10.8. The fourth-order valence-electron chi connectivity index (χ4n) is 0.742. The van der Waals surface area contributed by atoms with E-state index in [4.69, 9.17) is 5.21 Å². The van der Waals surface area contributed by atoms with E-state index in [1.807, 2.05) is 5.48 Å². The van der Waals surface area contributed by atoms with Gasteiger partial charge in [-0.3, -0.25) is 15.5 Å². The van der Waals surface area contributed by atoms with Gasteiger partial charge in [-0.25, -0.2) is 0 Å². The Morgan fingerprint density at radius 3 is 2.73 bits per heavy atom. The molecule has 0 aliphatic carbocycles. The van der Waals surface area contributed by atoms with Gasteiger partial charge in [-0.15, -0.1) is 0 Å². The molecule has 2 N–H and O–H groups in total. The maximum Gasteiger partial charge on any atom is 0.227 e. The molecule has 1 heterocycles. The number of hydrogen-bond donors (Lipinski definition) is 2. The van der Waals surface area contributed by atoms with Crippen molar-refractivity contribution in [3.63, 3.8) is 0 Å². The van der Waals surface area contributed by atoms with Crippen LogP contribution in [0.1, 0.15) is 23.2 Å². The van der Waals surface area contributed by atoms with Crippen LogP contribution in [0.4, 0.5) is 5.69 Å². The van der Waals surface area contributed by atoms with Crippen molar-refractivity contribution >= 4 is 11.5 Å². The van der Waals surface area contributed by atoms with E-state index in [9.17, 15) is 4.79 Å². The van der Waals surface area contributed by atoms with E-state index in [0.717, 1.165) is 0 Å². The fourth-order valence-corrected chi connectivity index (χ4v) is 0.742. The lowest BCUT2D eigenvalue weighted by Crippen LogP contribution is -1.97. The van der Waals surface area contributed by atoms with Gasteiger partial charge >= 0.3 is 0 Å². The van der Waals surface area contributed by atoms with Crippen molar-refractivity contribution in [2.75, 3.05) is 5.48 Å². The molecule has 0 atom stereocenters. The summed E-state index contributed by atoms with van der Waals surface area (Å²) in [5.41, 5.74) is 2.54. The van der Waals surface area contributed by atoms with Gasteiger partial charge in [-0.2, -0.15) is 0 Å². The summed E-state index contributed by atoms with van der Waals surface area (Å²) < 4.78 is 4.63. The van der Waals surface area contributed by atoms with Gasteiger partial charge in [-0.05, 0) is 6.92 Å². The molecule has 0 aliphatic heterocycles. The number of aromatic nitrogens is 1. The standard InChI is InChI=1S/C6H8N2O3/c1-3-5(7-10)6(4(2)9)11-8-3/h7,10H,1-2H3. The first-order chi connectivity index (χ1) is 5.16. The summed E-state index contributed by atoms with van der Waals surface area (Å²) in [7, 11) is 0. The smallest absolute Gasteiger partial charge is 0.227 e. The monoisotopic (exact) mass is 156 g/mol. The minimum atomic E-state index is -0.276. The summed E-state index contributed by atoms with van der Waals surface area (Å²) in [5, 5.41) is 12.0. The fraction of sp³-hybridized carbons (Fsp3) is 0.333. The van der Waals surface area contributed by atoms with Crippen molar-refractivity contribution in [2.24, 2.45) is 0 Å². The molecule has 1 aromatic rings. The summed E-state index contributed by atoms with van der Waals surface area (Å²) in [6, 6.07) is 0. The molecule has 0 aliphatic rings. The van der Waals surface area contributed by atoms with Gasteiger partial charge in [0.2, 0.25) is 5.76 Å². The second-order valence-corrected chi connectivity index (χ2v) is 2.14. The SMILES string of the molecule is CC(=O)c1onc(C)c1NO. The van der Waals surface area contributed by atoms with Crippen molar-refractivity contribution in [1.82, 2.24) is 5.16 Å². The van der Waals surface area contributed by atoms with Crippen LogP contribution in [0, 0.1) is 6.92 Å². The van der Waals surface area contributed by atoms with Crippen molar-refractivity contribution < 1.29 is 14.5 Å².